The number of ether oxygens (including phenoxy) is 2. The molecule has 53 heavy (non-hydrogen) atoms. The predicted octanol–water partition coefficient (Wildman–Crippen LogP) is 9.57. The van der Waals surface area contributed by atoms with E-state index in [1.54, 1.807) is 24.6 Å². The van der Waals surface area contributed by atoms with Crippen LogP contribution in [-0.4, -0.2) is 57.6 Å². The number of carbonyl (C=O) groups is 1. The van der Waals surface area contributed by atoms with E-state index in [-0.39, 0.29) is 35.6 Å². The van der Waals surface area contributed by atoms with Gasteiger partial charge in [-0.2, -0.15) is 5.10 Å². The third kappa shape index (κ3) is 19.4. The number of aryl methyl sites for hydroxylation is 1. The first-order valence-corrected chi connectivity index (χ1v) is 18.9. The molecule has 0 aliphatic carbocycles. The summed E-state index contributed by atoms with van der Waals surface area (Å²) in [5, 5.41) is 8.88. The van der Waals surface area contributed by atoms with Crippen molar-refractivity contribution in [2.24, 2.45) is 16.6 Å². The largest absolute Gasteiger partial charge is 0.478 e. The zero-order chi connectivity index (χ0) is 40.1. The van der Waals surface area contributed by atoms with E-state index in [0.29, 0.717) is 49.6 Å². The average Bonchev–Trinajstić information content (AvgIpc) is 3.46. The maximum absolute atomic E-state index is 12.7. The number of amides is 1. The van der Waals surface area contributed by atoms with Crippen molar-refractivity contribution < 1.29 is 14.3 Å². The Morgan fingerprint density at radius 1 is 1.08 bits per heavy atom. The molecule has 2 aromatic heterocycles. The van der Waals surface area contributed by atoms with Crippen LogP contribution in [0.2, 0.25) is 0 Å². The Kier molecular flexibility index (Phi) is 24.9. The van der Waals surface area contributed by atoms with Crippen molar-refractivity contribution >= 4 is 28.5 Å². The van der Waals surface area contributed by atoms with Gasteiger partial charge < -0.3 is 25.5 Å². The Bertz CT molecular complexity index is 1550. The quantitative estimate of drug-likeness (QED) is 0.124. The van der Waals surface area contributed by atoms with Crippen LogP contribution in [0.25, 0.3) is 11.0 Å². The third-order valence-electron chi connectivity index (χ3n) is 7.54. The monoisotopic (exact) mass is 761 g/mol. The smallest absolute Gasteiger partial charge is 0.263 e. The topological polar surface area (TPSA) is 137 Å². The van der Waals surface area contributed by atoms with E-state index in [0.717, 1.165) is 30.0 Å². The van der Waals surface area contributed by atoms with Gasteiger partial charge in [-0.05, 0) is 63.8 Å². The Hall–Kier alpha value is -3.47. The summed E-state index contributed by atoms with van der Waals surface area (Å²) in [5.41, 5.74) is 7.10. The van der Waals surface area contributed by atoms with Crippen LogP contribution in [-0.2, 0) is 22.5 Å². The van der Waals surface area contributed by atoms with E-state index in [1.165, 1.54) is 11.9 Å². The SMILES string of the molecule is C.C=CCn1nc(C(C)C)c2c(=O)[nH]cnc21.CC.CC/C=C(\C)Cl.CCCc1ccc(OC(C)(C)C(=O)NCC(C)(C)COCC(C)(C)CN)cc1. The number of allylic oxidation sites excluding steroid dienone is 3. The number of hydrogen-bond acceptors (Lipinski definition) is 7. The average molecular weight is 762 g/mol. The van der Waals surface area contributed by atoms with Gasteiger partial charge in [0.05, 0.1) is 31.8 Å². The lowest BCUT2D eigenvalue weighted by molar-refractivity contribution is -0.134. The molecule has 0 spiro atoms. The maximum atomic E-state index is 12.7. The zero-order valence-corrected chi connectivity index (χ0v) is 35.2. The molecule has 1 amide bonds. The molecule has 0 aliphatic heterocycles. The molecule has 0 unspecified atom stereocenters. The second-order valence-corrected chi connectivity index (χ2v) is 15.5. The first-order valence-electron chi connectivity index (χ1n) is 18.5. The molecule has 2 heterocycles. The Balaban J connectivity index is 0. The highest BCUT2D eigenvalue weighted by Crippen LogP contribution is 2.22. The first-order chi connectivity index (χ1) is 24.3. The number of benzene rings is 1. The van der Waals surface area contributed by atoms with Crippen molar-refractivity contribution in [1.29, 1.82) is 0 Å². The van der Waals surface area contributed by atoms with Gasteiger partial charge in [0.2, 0.25) is 0 Å². The van der Waals surface area contributed by atoms with Crippen LogP contribution in [0, 0.1) is 10.8 Å². The number of nitrogens with two attached hydrogens (primary N) is 1. The molecule has 0 radical (unpaired) electrons. The fourth-order valence-corrected chi connectivity index (χ4v) is 4.73. The lowest BCUT2D eigenvalue weighted by Crippen LogP contribution is -2.49. The van der Waals surface area contributed by atoms with E-state index in [2.05, 4.69) is 80.6 Å². The number of nitrogens with one attached hydrogen (secondary N) is 2. The Morgan fingerprint density at radius 2 is 1.66 bits per heavy atom. The molecular weight excluding hydrogens is 688 g/mol. The molecule has 11 heteroatoms. The lowest BCUT2D eigenvalue weighted by atomic mass is 9.93. The number of H-pyrrole nitrogens is 1. The van der Waals surface area contributed by atoms with E-state index >= 15 is 0 Å². The second-order valence-electron chi connectivity index (χ2n) is 14.9. The van der Waals surface area contributed by atoms with Crippen molar-refractivity contribution in [1.82, 2.24) is 25.1 Å². The van der Waals surface area contributed by atoms with Gasteiger partial charge in [-0.3, -0.25) is 9.59 Å². The minimum absolute atomic E-state index is 0. The summed E-state index contributed by atoms with van der Waals surface area (Å²) < 4.78 is 13.5. The molecule has 0 bridgehead atoms. The summed E-state index contributed by atoms with van der Waals surface area (Å²) in [6, 6.07) is 7.96. The van der Waals surface area contributed by atoms with Gasteiger partial charge in [0.15, 0.2) is 11.2 Å². The fraction of sp³-hybridized carbons (Fsp3) is 0.619. The van der Waals surface area contributed by atoms with Crippen molar-refractivity contribution in [3.05, 3.63) is 76.0 Å². The highest BCUT2D eigenvalue weighted by molar-refractivity contribution is 6.29. The van der Waals surface area contributed by atoms with Crippen LogP contribution in [0.5, 0.6) is 5.75 Å². The number of carbonyl (C=O) groups excluding carboxylic acids is 1. The van der Waals surface area contributed by atoms with E-state index in [1.807, 2.05) is 52.8 Å². The molecule has 0 atom stereocenters. The van der Waals surface area contributed by atoms with Crippen molar-refractivity contribution in [2.75, 3.05) is 26.3 Å². The number of halogens is 1. The molecule has 1 aromatic carbocycles. The number of fused-ring (bicyclic) bond motifs is 1. The van der Waals surface area contributed by atoms with Gasteiger partial charge in [0, 0.05) is 22.4 Å². The van der Waals surface area contributed by atoms with Gasteiger partial charge in [0.1, 0.15) is 11.1 Å². The molecule has 0 saturated carbocycles. The number of rotatable bonds is 16. The molecule has 3 rings (SSSR count). The summed E-state index contributed by atoms with van der Waals surface area (Å²) in [6.07, 6.45) is 8.30. The van der Waals surface area contributed by atoms with Gasteiger partial charge in [0.25, 0.3) is 11.5 Å². The fourth-order valence-electron chi connectivity index (χ4n) is 4.58. The van der Waals surface area contributed by atoms with Crippen LogP contribution in [0.1, 0.15) is 127 Å². The van der Waals surface area contributed by atoms with E-state index < -0.39 is 5.60 Å². The summed E-state index contributed by atoms with van der Waals surface area (Å²) in [7, 11) is 0. The van der Waals surface area contributed by atoms with Crippen LogP contribution in [0.15, 0.2) is 59.2 Å². The van der Waals surface area contributed by atoms with Crippen LogP contribution in [0.3, 0.4) is 0 Å². The Morgan fingerprint density at radius 3 is 2.13 bits per heavy atom. The number of aromatic nitrogens is 4. The second kappa shape index (κ2) is 25.5. The standard InChI is InChI=1S/C23H40N2O3.C11H14N4O.C5H9Cl.C2H6.CH4/c1-8-9-18-10-12-19(13-11-18)28-23(6,7)20(26)25-15-22(4,5)17-27-16-21(2,3)14-24;1-4-5-15-10-8(9(14-15)7(2)3)11(16)13-6-12-10;1-3-4-5(2)6;1-2;/h10-13H,8-9,14-17,24H2,1-7H3,(H,25,26);4,6-7H,1,5H2,2-3H3,(H,12,13,16);4H,3H2,1-2H3;1-2H3;1H4/b;;5-4+;;. The maximum Gasteiger partial charge on any atom is 0.263 e. The molecular formula is C42H73ClN6O4. The number of nitrogens with zero attached hydrogens (tertiary/aromatic N) is 3. The van der Waals surface area contributed by atoms with Gasteiger partial charge in [-0.25, -0.2) is 9.67 Å². The Labute approximate surface area is 326 Å². The highest BCUT2D eigenvalue weighted by atomic mass is 35.5. The van der Waals surface area contributed by atoms with Crippen LogP contribution < -0.4 is 21.3 Å². The first kappa shape index (κ1) is 51.6. The van der Waals surface area contributed by atoms with Gasteiger partial charge in [-0.1, -0.05) is 119 Å². The summed E-state index contributed by atoms with van der Waals surface area (Å²) in [4.78, 5) is 31.2. The molecule has 0 fully saturated rings. The predicted molar refractivity (Wildman–Crippen MR) is 226 cm³/mol. The van der Waals surface area contributed by atoms with E-state index in [9.17, 15) is 9.59 Å². The number of aromatic amines is 1. The van der Waals surface area contributed by atoms with Crippen molar-refractivity contribution in [2.45, 2.75) is 135 Å². The minimum Gasteiger partial charge on any atom is -0.478 e. The van der Waals surface area contributed by atoms with Crippen LogP contribution in [0.4, 0.5) is 0 Å². The van der Waals surface area contributed by atoms with Crippen molar-refractivity contribution in [3.8, 4) is 5.75 Å². The highest BCUT2D eigenvalue weighted by Gasteiger charge is 2.32. The molecule has 4 N–H and O–H groups in total. The van der Waals surface area contributed by atoms with Crippen LogP contribution >= 0.6 is 11.6 Å². The van der Waals surface area contributed by atoms with Gasteiger partial charge in [-0.15, -0.1) is 6.58 Å². The molecule has 302 valence electrons. The van der Waals surface area contributed by atoms with Gasteiger partial charge >= 0.3 is 0 Å². The lowest BCUT2D eigenvalue weighted by Gasteiger charge is -2.31. The minimum atomic E-state index is -0.954. The molecule has 10 nitrogen and oxygen atoms in total. The van der Waals surface area contributed by atoms with E-state index in [4.69, 9.17) is 26.8 Å². The summed E-state index contributed by atoms with van der Waals surface area (Å²) in [5.74, 6) is 0.756. The summed E-state index contributed by atoms with van der Waals surface area (Å²) in [6.45, 7) is 32.5. The summed E-state index contributed by atoms with van der Waals surface area (Å²) >= 11 is 5.44. The molecule has 0 aliphatic rings. The normalized spacial score (nSPS) is 11.6. The third-order valence-corrected chi connectivity index (χ3v) is 7.70. The van der Waals surface area contributed by atoms with Crippen molar-refractivity contribution in [3.63, 3.8) is 0 Å². The number of hydrogen-bond donors (Lipinski definition) is 3. The zero-order valence-electron chi connectivity index (χ0n) is 34.4. The molecule has 3 aromatic rings. The molecule has 0 saturated heterocycles.